The highest BCUT2D eigenvalue weighted by molar-refractivity contribution is 5.91. The summed E-state index contributed by atoms with van der Waals surface area (Å²) in [7, 11) is 1.64. The van der Waals surface area contributed by atoms with E-state index in [9.17, 15) is 4.79 Å². The highest BCUT2D eigenvalue weighted by Crippen LogP contribution is 2.19. The number of hydrogen-bond acceptors (Lipinski definition) is 3. The van der Waals surface area contributed by atoms with Gasteiger partial charge in [0.25, 0.3) is 0 Å². The second-order valence-electron chi connectivity index (χ2n) is 3.78. The summed E-state index contributed by atoms with van der Waals surface area (Å²) in [5.41, 5.74) is 1.91. The van der Waals surface area contributed by atoms with Crippen LogP contribution in [0.4, 0.5) is 5.69 Å². The fourth-order valence-electron chi connectivity index (χ4n) is 1.58. The molecule has 0 radical (unpaired) electrons. The molecule has 4 nitrogen and oxygen atoms in total. The smallest absolute Gasteiger partial charge is 0.336 e. The maximum absolute atomic E-state index is 10.9. The van der Waals surface area contributed by atoms with E-state index >= 15 is 0 Å². The van der Waals surface area contributed by atoms with Crippen molar-refractivity contribution >= 4 is 11.7 Å². The van der Waals surface area contributed by atoms with E-state index < -0.39 is 5.97 Å². The molecule has 0 fully saturated rings. The van der Waals surface area contributed by atoms with Crippen LogP contribution < -0.4 is 5.32 Å². The second kappa shape index (κ2) is 5.51. The minimum atomic E-state index is -0.902. The molecule has 0 aliphatic carbocycles. The van der Waals surface area contributed by atoms with Gasteiger partial charge >= 0.3 is 5.97 Å². The molecule has 0 heterocycles. The molecule has 0 amide bonds. The molecule has 2 N–H and O–H groups in total. The van der Waals surface area contributed by atoms with Gasteiger partial charge in [-0.1, -0.05) is 6.07 Å². The fourth-order valence-corrected chi connectivity index (χ4v) is 1.58. The van der Waals surface area contributed by atoms with Crippen LogP contribution in [0.15, 0.2) is 18.2 Å². The van der Waals surface area contributed by atoms with Crippen LogP contribution in [0.5, 0.6) is 0 Å². The number of ether oxygens (including phenoxy) is 1. The lowest BCUT2D eigenvalue weighted by Gasteiger charge is -2.17. The minimum Gasteiger partial charge on any atom is -0.478 e. The van der Waals surface area contributed by atoms with Gasteiger partial charge in [-0.25, -0.2) is 4.79 Å². The molecule has 16 heavy (non-hydrogen) atoms. The van der Waals surface area contributed by atoms with Crippen molar-refractivity contribution in [3.05, 3.63) is 29.3 Å². The zero-order valence-electron chi connectivity index (χ0n) is 9.78. The molecule has 0 saturated carbocycles. The predicted molar refractivity (Wildman–Crippen MR) is 63.1 cm³/mol. The van der Waals surface area contributed by atoms with Crippen LogP contribution in [0.1, 0.15) is 22.8 Å². The van der Waals surface area contributed by atoms with Crippen molar-refractivity contribution in [2.75, 3.05) is 19.0 Å². The summed E-state index contributed by atoms with van der Waals surface area (Å²) in [5.74, 6) is -0.902. The summed E-state index contributed by atoms with van der Waals surface area (Å²) in [5, 5.41) is 12.2. The summed E-state index contributed by atoms with van der Waals surface area (Å²) >= 11 is 0. The topological polar surface area (TPSA) is 58.6 Å². The standard InChI is InChI=1S/C12H17NO3/c1-8(7-16-3)13-11-6-4-5-10(9(11)2)12(14)15/h4-6,8,13H,7H2,1-3H3,(H,14,15). The molecule has 1 unspecified atom stereocenters. The van der Waals surface area contributed by atoms with Gasteiger partial charge < -0.3 is 15.2 Å². The van der Waals surface area contributed by atoms with Gasteiger partial charge in [0, 0.05) is 18.8 Å². The van der Waals surface area contributed by atoms with Gasteiger partial charge in [-0.15, -0.1) is 0 Å². The number of hydrogen-bond donors (Lipinski definition) is 2. The molecule has 0 aliphatic heterocycles. The molecule has 1 atom stereocenters. The average molecular weight is 223 g/mol. The molecule has 4 heteroatoms. The summed E-state index contributed by atoms with van der Waals surface area (Å²) < 4.78 is 5.01. The van der Waals surface area contributed by atoms with Crippen LogP contribution >= 0.6 is 0 Å². The Hall–Kier alpha value is -1.55. The largest absolute Gasteiger partial charge is 0.478 e. The van der Waals surface area contributed by atoms with Crippen molar-refractivity contribution < 1.29 is 14.6 Å². The van der Waals surface area contributed by atoms with E-state index in [4.69, 9.17) is 9.84 Å². The number of carbonyl (C=O) groups is 1. The van der Waals surface area contributed by atoms with E-state index in [2.05, 4.69) is 5.32 Å². The number of methoxy groups -OCH3 is 1. The molecule has 0 aromatic heterocycles. The van der Waals surface area contributed by atoms with Crippen molar-refractivity contribution in [1.82, 2.24) is 0 Å². The summed E-state index contributed by atoms with van der Waals surface area (Å²) in [6.07, 6.45) is 0. The summed E-state index contributed by atoms with van der Waals surface area (Å²) in [6, 6.07) is 5.35. The van der Waals surface area contributed by atoms with Gasteiger partial charge in [0.2, 0.25) is 0 Å². The number of nitrogens with one attached hydrogen (secondary N) is 1. The Bertz CT molecular complexity index is 377. The molecule has 1 aromatic carbocycles. The normalized spacial score (nSPS) is 12.2. The van der Waals surface area contributed by atoms with Crippen molar-refractivity contribution in [3.8, 4) is 0 Å². The maximum Gasteiger partial charge on any atom is 0.336 e. The Morgan fingerprint density at radius 2 is 2.25 bits per heavy atom. The highest BCUT2D eigenvalue weighted by Gasteiger charge is 2.11. The first-order valence-electron chi connectivity index (χ1n) is 5.14. The zero-order chi connectivity index (χ0) is 12.1. The first kappa shape index (κ1) is 12.5. The lowest BCUT2D eigenvalue weighted by atomic mass is 10.1. The average Bonchev–Trinajstić information content (AvgIpc) is 2.21. The van der Waals surface area contributed by atoms with Crippen LogP contribution in [-0.4, -0.2) is 30.8 Å². The number of anilines is 1. The van der Waals surface area contributed by atoms with Gasteiger partial charge in [0.05, 0.1) is 12.2 Å². The molecule has 1 rings (SSSR count). The Morgan fingerprint density at radius 1 is 1.56 bits per heavy atom. The third-order valence-electron chi connectivity index (χ3n) is 2.38. The van der Waals surface area contributed by atoms with Crippen LogP contribution in [0, 0.1) is 6.92 Å². The molecule has 0 bridgehead atoms. The predicted octanol–water partition coefficient (Wildman–Crippen LogP) is 2.14. The van der Waals surface area contributed by atoms with Crippen molar-refractivity contribution in [1.29, 1.82) is 0 Å². The molecular weight excluding hydrogens is 206 g/mol. The van der Waals surface area contributed by atoms with Gasteiger partial charge in [-0.3, -0.25) is 0 Å². The van der Waals surface area contributed by atoms with Crippen molar-refractivity contribution in [2.24, 2.45) is 0 Å². The highest BCUT2D eigenvalue weighted by atomic mass is 16.5. The van der Waals surface area contributed by atoms with Gasteiger partial charge in [-0.05, 0) is 31.5 Å². The van der Waals surface area contributed by atoms with Gasteiger partial charge in [-0.2, -0.15) is 0 Å². The SMILES string of the molecule is COCC(C)Nc1cccc(C(=O)O)c1C. The molecule has 0 saturated heterocycles. The fraction of sp³-hybridized carbons (Fsp3) is 0.417. The van der Waals surface area contributed by atoms with Crippen molar-refractivity contribution in [2.45, 2.75) is 19.9 Å². The lowest BCUT2D eigenvalue weighted by Crippen LogP contribution is -2.21. The first-order valence-corrected chi connectivity index (χ1v) is 5.14. The molecule has 0 aliphatic rings. The first-order chi connectivity index (χ1) is 7.56. The van der Waals surface area contributed by atoms with E-state index in [1.807, 2.05) is 13.0 Å². The monoisotopic (exact) mass is 223 g/mol. The lowest BCUT2D eigenvalue weighted by molar-refractivity contribution is 0.0696. The van der Waals surface area contributed by atoms with Crippen LogP contribution in [0.25, 0.3) is 0 Å². The summed E-state index contributed by atoms with van der Waals surface area (Å²) in [6.45, 7) is 4.36. The third kappa shape index (κ3) is 2.97. The Labute approximate surface area is 95.2 Å². The minimum absolute atomic E-state index is 0.146. The number of carboxylic acids is 1. The maximum atomic E-state index is 10.9. The molecule has 88 valence electrons. The van der Waals surface area contributed by atoms with E-state index in [1.165, 1.54) is 0 Å². The third-order valence-corrected chi connectivity index (χ3v) is 2.38. The second-order valence-corrected chi connectivity index (χ2v) is 3.78. The molecular formula is C12H17NO3. The number of benzene rings is 1. The Morgan fingerprint density at radius 3 is 2.81 bits per heavy atom. The Kier molecular flexibility index (Phi) is 4.31. The Balaban J connectivity index is 2.89. The van der Waals surface area contributed by atoms with E-state index in [-0.39, 0.29) is 6.04 Å². The number of carboxylic acid groups (broad SMARTS) is 1. The quantitative estimate of drug-likeness (QED) is 0.803. The number of rotatable bonds is 5. The van der Waals surface area contributed by atoms with Crippen LogP contribution in [0.3, 0.4) is 0 Å². The zero-order valence-corrected chi connectivity index (χ0v) is 9.78. The van der Waals surface area contributed by atoms with E-state index in [0.717, 1.165) is 11.3 Å². The van der Waals surface area contributed by atoms with Gasteiger partial charge in [0.1, 0.15) is 0 Å². The summed E-state index contributed by atoms with van der Waals surface area (Å²) in [4.78, 5) is 10.9. The van der Waals surface area contributed by atoms with Crippen LogP contribution in [0.2, 0.25) is 0 Å². The molecule has 0 spiro atoms. The van der Waals surface area contributed by atoms with Gasteiger partial charge in [0.15, 0.2) is 0 Å². The van der Waals surface area contributed by atoms with E-state index in [1.54, 1.807) is 26.2 Å². The number of aromatic carboxylic acids is 1. The molecule has 1 aromatic rings. The van der Waals surface area contributed by atoms with E-state index in [0.29, 0.717) is 12.2 Å². The van der Waals surface area contributed by atoms with Crippen LogP contribution in [-0.2, 0) is 4.74 Å². The van der Waals surface area contributed by atoms with Crippen molar-refractivity contribution in [3.63, 3.8) is 0 Å².